The van der Waals surface area contributed by atoms with Crippen LogP contribution in [0.4, 0.5) is 22.0 Å². The molecule has 308 valence electrons. The summed E-state index contributed by atoms with van der Waals surface area (Å²) in [6.45, 7) is 5.36. The molecule has 3 amide bonds. The molecule has 0 bridgehead atoms. The van der Waals surface area contributed by atoms with E-state index < -0.39 is 77.6 Å². The molecule has 3 aromatic rings. The number of primary amides is 1. The van der Waals surface area contributed by atoms with Crippen LogP contribution < -0.4 is 22.1 Å². The van der Waals surface area contributed by atoms with Gasteiger partial charge in [0, 0.05) is 55.6 Å². The van der Waals surface area contributed by atoms with Crippen molar-refractivity contribution >= 4 is 29.7 Å². The van der Waals surface area contributed by atoms with Crippen LogP contribution in [0.15, 0.2) is 60.8 Å². The molecule has 0 aliphatic carbocycles. The van der Waals surface area contributed by atoms with E-state index in [2.05, 4.69) is 10.6 Å². The summed E-state index contributed by atoms with van der Waals surface area (Å²) in [6.07, 6.45) is -3.48. The van der Waals surface area contributed by atoms with Crippen molar-refractivity contribution in [2.45, 2.75) is 70.9 Å². The molecule has 0 aliphatic rings. The Labute approximate surface area is 319 Å². The van der Waals surface area contributed by atoms with Gasteiger partial charge in [-0.2, -0.15) is 13.2 Å². The average molecular weight is 799 g/mol. The van der Waals surface area contributed by atoms with Gasteiger partial charge >= 0.3 is 18.1 Å². The molecular weight excluding hydrogens is 751 g/mol. The Hall–Kier alpha value is -5.40. The van der Waals surface area contributed by atoms with Crippen LogP contribution in [0.1, 0.15) is 57.3 Å². The summed E-state index contributed by atoms with van der Waals surface area (Å²) in [7, 11) is 0. The van der Waals surface area contributed by atoms with E-state index >= 15 is 0 Å². The zero-order valence-corrected chi connectivity index (χ0v) is 31.0. The van der Waals surface area contributed by atoms with Gasteiger partial charge in [-0.1, -0.05) is 51.1 Å². The number of aliphatic hydroxyl groups is 1. The van der Waals surface area contributed by atoms with E-state index in [1.165, 1.54) is 4.90 Å². The number of hydrogen-bond donors (Lipinski definition) is 7. The number of aliphatic carboxylic acids is 2. The second kappa shape index (κ2) is 21.1. The van der Waals surface area contributed by atoms with E-state index in [1.54, 1.807) is 12.3 Å². The number of aliphatic hydroxyl groups excluding tert-OH is 1. The summed E-state index contributed by atoms with van der Waals surface area (Å²) in [5.74, 6) is -6.91. The normalized spacial score (nSPS) is 13.1. The molecule has 14 nitrogen and oxygen atoms in total. The average Bonchev–Trinajstić information content (AvgIpc) is 3.51. The fourth-order valence-electron chi connectivity index (χ4n) is 5.67. The molecule has 0 saturated carbocycles. The molecule has 0 fully saturated rings. The van der Waals surface area contributed by atoms with Crippen molar-refractivity contribution < 1.29 is 61.2 Å². The number of amides is 3. The topological polar surface area (TPSA) is 230 Å². The summed E-state index contributed by atoms with van der Waals surface area (Å²) in [6, 6.07) is 11.6. The maximum absolute atomic E-state index is 15.0. The van der Waals surface area contributed by atoms with Gasteiger partial charge in [0.1, 0.15) is 24.3 Å². The van der Waals surface area contributed by atoms with Crippen LogP contribution in [0, 0.1) is 17.0 Å². The number of nitrogens with zero attached hydrogens (tertiary/aromatic N) is 2. The van der Waals surface area contributed by atoms with Gasteiger partial charge in [-0.05, 0) is 48.1 Å². The van der Waals surface area contributed by atoms with Crippen LogP contribution in [0.2, 0.25) is 0 Å². The predicted molar refractivity (Wildman–Crippen MR) is 193 cm³/mol. The van der Waals surface area contributed by atoms with Crippen molar-refractivity contribution in [2.75, 3.05) is 26.2 Å². The first-order chi connectivity index (χ1) is 26.1. The first-order valence-electron chi connectivity index (χ1n) is 17.2. The van der Waals surface area contributed by atoms with Crippen molar-refractivity contribution in [3.8, 4) is 11.1 Å². The van der Waals surface area contributed by atoms with Crippen molar-refractivity contribution in [2.24, 2.45) is 16.9 Å². The molecular formula is C37H47F5N6O8. The summed E-state index contributed by atoms with van der Waals surface area (Å²) < 4.78 is 62.8. The first kappa shape index (κ1) is 46.8. The lowest BCUT2D eigenvalue weighted by Gasteiger charge is -2.41. The lowest BCUT2D eigenvalue weighted by atomic mass is 9.82. The molecule has 0 spiro atoms. The molecule has 56 heavy (non-hydrogen) atoms. The number of aromatic nitrogens is 1. The molecule has 19 heteroatoms. The highest BCUT2D eigenvalue weighted by atomic mass is 19.4. The third kappa shape index (κ3) is 14.7. The highest BCUT2D eigenvalue weighted by Crippen LogP contribution is 2.41. The number of carboxylic acids is 2. The lowest BCUT2D eigenvalue weighted by Crippen LogP contribution is -2.48. The number of benzene rings is 2. The summed E-state index contributed by atoms with van der Waals surface area (Å²) >= 11 is 0. The maximum atomic E-state index is 15.0. The third-order valence-electron chi connectivity index (χ3n) is 8.29. The second-order valence-corrected chi connectivity index (χ2v) is 13.7. The van der Waals surface area contributed by atoms with Crippen LogP contribution in [-0.4, -0.2) is 98.9 Å². The minimum absolute atomic E-state index is 0.00477. The van der Waals surface area contributed by atoms with Gasteiger partial charge in [-0.3, -0.25) is 19.2 Å². The summed E-state index contributed by atoms with van der Waals surface area (Å²) in [5.41, 5.74) is 12.6. The van der Waals surface area contributed by atoms with Crippen molar-refractivity contribution in [1.82, 2.24) is 20.1 Å². The van der Waals surface area contributed by atoms with Crippen LogP contribution in [-0.2, 0) is 30.5 Å². The standard InChI is InChI=1S/C35H46F2N6O6.C2HF3O2/c1-35(2,3)32(29-17-23(25-18-24(36)9-10-26(25)37)20-42(29)19-22-7-5-4-6-8-22)43(31(46)21-44)16-13-27(38)33(47)41-15-14-40-28(34(48)49)11-12-30(39)45;3-2(4,5)1(6)7/h4-10,17-18,20,27-28,32,40,44H,11-16,19,21,38H2,1-3H3,(H2,39,45)(H,41,47)(H,48,49);(H,6,7)/t27-,28-,32-;/m0./s1. The molecule has 3 rings (SSSR count). The molecule has 0 unspecified atom stereocenters. The Morgan fingerprint density at radius 1 is 0.929 bits per heavy atom. The fraction of sp³-hybridized carbons (Fsp3) is 0.432. The molecule has 0 aliphatic heterocycles. The molecule has 3 atom stereocenters. The second-order valence-electron chi connectivity index (χ2n) is 13.7. The minimum atomic E-state index is -5.08. The first-order valence-corrected chi connectivity index (χ1v) is 17.2. The van der Waals surface area contributed by atoms with Gasteiger partial charge in [0.05, 0.1) is 12.1 Å². The van der Waals surface area contributed by atoms with Gasteiger partial charge < -0.3 is 46.9 Å². The number of nitrogens with two attached hydrogens (primary N) is 2. The number of carbonyl (C=O) groups is 5. The number of hydrogen-bond acceptors (Lipinski definition) is 8. The van der Waals surface area contributed by atoms with E-state index in [-0.39, 0.29) is 44.5 Å². The monoisotopic (exact) mass is 798 g/mol. The summed E-state index contributed by atoms with van der Waals surface area (Å²) in [4.78, 5) is 59.0. The molecule has 9 N–H and O–H groups in total. The number of carboxylic acid groups (broad SMARTS) is 2. The minimum Gasteiger partial charge on any atom is -0.480 e. The SMILES string of the molecule is CC(C)(C)[C@H](c1cc(-c2cc(F)ccc2F)cn1Cc1ccccc1)N(CC[C@H](N)C(=O)NCCN[C@@H](CCC(N)=O)C(=O)O)C(=O)CO.O=C(O)C(F)(F)F. The van der Waals surface area contributed by atoms with E-state index in [1.807, 2.05) is 55.7 Å². The Bertz CT molecular complexity index is 1800. The zero-order chi connectivity index (χ0) is 42.4. The maximum Gasteiger partial charge on any atom is 0.490 e. The number of nitrogens with one attached hydrogen (secondary N) is 2. The van der Waals surface area contributed by atoms with Gasteiger partial charge in [0.2, 0.25) is 17.7 Å². The molecule has 1 aromatic heterocycles. The largest absolute Gasteiger partial charge is 0.490 e. The van der Waals surface area contributed by atoms with Gasteiger partial charge in [-0.25, -0.2) is 13.6 Å². The van der Waals surface area contributed by atoms with E-state index in [0.717, 1.165) is 23.8 Å². The number of carbonyl (C=O) groups excluding carboxylic acids is 3. The van der Waals surface area contributed by atoms with Crippen LogP contribution in [0.25, 0.3) is 11.1 Å². The smallest absolute Gasteiger partial charge is 0.480 e. The Morgan fingerprint density at radius 3 is 2.09 bits per heavy atom. The van der Waals surface area contributed by atoms with Crippen molar-refractivity contribution in [1.29, 1.82) is 0 Å². The highest BCUT2D eigenvalue weighted by Gasteiger charge is 2.39. The zero-order valence-electron chi connectivity index (χ0n) is 31.0. The van der Waals surface area contributed by atoms with Crippen LogP contribution >= 0.6 is 0 Å². The molecule has 1 heterocycles. The Balaban J connectivity index is 0.00000141. The van der Waals surface area contributed by atoms with Gasteiger partial charge in [0.25, 0.3) is 0 Å². The predicted octanol–water partition coefficient (Wildman–Crippen LogP) is 3.16. The van der Waals surface area contributed by atoms with Crippen LogP contribution in [0.5, 0.6) is 0 Å². The van der Waals surface area contributed by atoms with Crippen LogP contribution in [0.3, 0.4) is 0 Å². The fourth-order valence-corrected chi connectivity index (χ4v) is 5.67. The highest BCUT2D eigenvalue weighted by molar-refractivity contribution is 5.82. The Kier molecular flexibility index (Phi) is 17.6. The summed E-state index contributed by atoms with van der Waals surface area (Å²) in [5, 5.41) is 31.8. The van der Waals surface area contributed by atoms with Crippen molar-refractivity contribution in [3.63, 3.8) is 0 Å². The third-order valence-corrected chi connectivity index (χ3v) is 8.29. The Morgan fingerprint density at radius 2 is 1.55 bits per heavy atom. The molecule has 0 radical (unpaired) electrons. The van der Waals surface area contributed by atoms with Gasteiger partial charge in [-0.15, -0.1) is 0 Å². The number of halogens is 5. The van der Waals surface area contributed by atoms with E-state index in [9.17, 15) is 51.3 Å². The van der Waals surface area contributed by atoms with E-state index in [0.29, 0.717) is 17.8 Å². The molecule has 2 aromatic carbocycles. The quantitative estimate of drug-likeness (QED) is 0.0734. The number of rotatable bonds is 18. The van der Waals surface area contributed by atoms with E-state index in [4.69, 9.17) is 21.4 Å². The molecule has 0 saturated heterocycles. The van der Waals surface area contributed by atoms with Crippen molar-refractivity contribution in [3.05, 3.63) is 83.7 Å². The van der Waals surface area contributed by atoms with Gasteiger partial charge in [0.15, 0.2) is 0 Å². The lowest BCUT2D eigenvalue weighted by molar-refractivity contribution is -0.192. The number of alkyl halides is 3.